The minimum atomic E-state index is -0.00287. The molecular formula is C13H10N2O2S. The molecule has 0 bridgehead atoms. The van der Waals surface area contributed by atoms with Crippen molar-refractivity contribution in [1.29, 1.82) is 0 Å². The molecule has 3 aromatic rings. The fourth-order valence-corrected chi connectivity index (χ4v) is 2.81. The van der Waals surface area contributed by atoms with Crippen molar-refractivity contribution in [3.05, 3.63) is 52.9 Å². The SMILES string of the molecule is COc1ccc2c(=O)cc(-n3cccn3)sc2c1. The molecule has 0 aliphatic rings. The van der Waals surface area contributed by atoms with E-state index in [9.17, 15) is 4.79 Å². The number of nitrogens with zero attached hydrogens (tertiary/aromatic N) is 2. The summed E-state index contributed by atoms with van der Waals surface area (Å²) in [5, 5.41) is 5.64. The van der Waals surface area contributed by atoms with Crippen LogP contribution in [0.25, 0.3) is 15.1 Å². The molecule has 0 saturated carbocycles. The molecule has 0 fully saturated rings. The molecule has 18 heavy (non-hydrogen) atoms. The Bertz CT molecular complexity index is 747. The van der Waals surface area contributed by atoms with Crippen LogP contribution in [0.4, 0.5) is 0 Å². The minimum absolute atomic E-state index is 0.00287. The third-order valence-electron chi connectivity index (χ3n) is 2.65. The van der Waals surface area contributed by atoms with Gasteiger partial charge < -0.3 is 4.74 Å². The first-order chi connectivity index (χ1) is 8.78. The van der Waals surface area contributed by atoms with E-state index in [1.165, 1.54) is 11.3 Å². The van der Waals surface area contributed by atoms with Crippen molar-refractivity contribution < 1.29 is 4.74 Å². The molecule has 0 aliphatic carbocycles. The van der Waals surface area contributed by atoms with Crippen LogP contribution in [-0.4, -0.2) is 16.9 Å². The highest BCUT2D eigenvalue weighted by molar-refractivity contribution is 7.20. The first-order valence-corrected chi connectivity index (χ1v) is 6.21. The summed E-state index contributed by atoms with van der Waals surface area (Å²) in [6.07, 6.45) is 3.50. The number of methoxy groups -OCH3 is 1. The van der Waals surface area contributed by atoms with Crippen LogP contribution in [0.2, 0.25) is 0 Å². The van der Waals surface area contributed by atoms with Gasteiger partial charge >= 0.3 is 0 Å². The molecule has 0 spiro atoms. The highest BCUT2D eigenvalue weighted by Gasteiger charge is 2.05. The average molecular weight is 258 g/mol. The molecule has 2 heterocycles. The number of hydrogen-bond donors (Lipinski definition) is 0. The van der Waals surface area contributed by atoms with Gasteiger partial charge in [0.2, 0.25) is 0 Å². The smallest absolute Gasteiger partial charge is 0.190 e. The summed E-state index contributed by atoms with van der Waals surface area (Å²) in [5.41, 5.74) is -0.00287. The molecule has 0 N–H and O–H groups in total. The number of fused-ring (bicyclic) bond motifs is 1. The molecule has 0 atom stereocenters. The third kappa shape index (κ3) is 1.78. The lowest BCUT2D eigenvalue weighted by Gasteiger charge is -2.04. The highest BCUT2D eigenvalue weighted by Crippen LogP contribution is 2.25. The topological polar surface area (TPSA) is 44.1 Å². The maximum atomic E-state index is 12.0. The van der Waals surface area contributed by atoms with Crippen LogP contribution >= 0.6 is 11.3 Å². The first-order valence-electron chi connectivity index (χ1n) is 5.40. The lowest BCUT2D eigenvalue weighted by molar-refractivity contribution is 0.415. The molecule has 90 valence electrons. The van der Waals surface area contributed by atoms with Gasteiger partial charge in [0.15, 0.2) is 5.43 Å². The van der Waals surface area contributed by atoms with Crippen LogP contribution < -0.4 is 10.2 Å². The Labute approximate surface area is 107 Å². The maximum absolute atomic E-state index is 12.0. The monoisotopic (exact) mass is 258 g/mol. The normalized spacial score (nSPS) is 10.7. The van der Waals surface area contributed by atoms with Crippen molar-refractivity contribution in [1.82, 2.24) is 9.78 Å². The highest BCUT2D eigenvalue weighted by atomic mass is 32.1. The van der Waals surface area contributed by atoms with Crippen LogP contribution in [-0.2, 0) is 0 Å². The van der Waals surface area contributed by atoms with Gasteiger partial charge in [-0.1, -0.05) is 0 Å². The zero-order chi connectivity index (χ0) is 12.5. The van der Waals surface area contributed by atoms with E-state index < -0.39 is 0 Å². The lowest BCUT2D eigenvalue weighted by Crippen LogP contribution is -2.03. The molecule has 1 aromatic carbocycles. The number of ether oxygens (including phenoxy) is 1. The summed E-state index contributed by atoms with van der Waals surface area (Å²) >= 11 is 1.51. The van der Waals surface area contributed by atoms with Crippen molar-refractivity contribution in [2.75, 3.05) is 7.11 Å². The van der Waals surface area contributed by atoms with E-state index in [0.717, 1.165) is 15.5 Å². The van der Waals surface area contributed by atoms with E-state index in [1.807, 2.05) is 18.3 Å². The van der Waals surface area contributed by atoms with E-state index in [1.54, 1.807) is 36.2 Å². The molecule has 2 aromatic heterocycles. The second-order valence-corrected chi connectivity index (χ2v) is 4.82. The number of benzene rings is 1. The predicted molar refractivity (Wildman–Crippen MR) is 71.8 cm³/mol. The van der Waals surface area contributed by atoms with Gasteiger partial charge in [0.05, 0.1) is 7.11 Å². The largest absolute Gasteiger partial charge is 0.497 e. The van der Waals surface area contributed by atoms with Crippen molar-refractivity contribution in [2.24, 2.45) is 0 Å². The Morgan fingerprint density at radius 3 is 2.94 bits per heavy atom. The molecule has 0 amide bonds. The molecule has 5 heteroatoms. The zero-order valence-corrected chi connectivity index (χ0v) is 10.5. The maximum Gasteiger partial charge on any atom is 0.190 e. The minimum Gasteiger partial charge on any atom is -0.497 e. The second kappa shape index (κ2) is 4.27. The van der Waals surface area contributed by atoms with Gasteiger partial charge in [-0.05, 0) is 24.3 Å². The van der Waals surface area contributed by atoms with Crippen molar-refractivity contribution in [3.63, 3.8) is 0 Å². The Balaban J connectivity index is 2.28. The van der Waals surface area contributed by atoms with E-state index in [4.69, 9.17) is 4.74 Å². The van der Waals surface area contributed by atoms with Crippen LogP contribution in [0.15, 0.2) is 47.5 Å². The van der Waals surface area contributed by atoms with Gasteiger partial charge in [0.25, 0.3) is 0 Å². The van der Waals surface area contributed by atoms with Crippen molar-refractivity contribution in [3.8, 4) is 10.8 Å². The van der Waals surface area contributed by atoms with Gasteiger partial charge in [-0.3, -0.25) is 4.79 Å². The van der Waals surface area contributed by atoms with Gasteiger partial charge in [-0.15, -0.1) is 11.3 Å². The van der Waals surface area contributed by atoms with Crippen LogP contribution in [0, 0.1) is 0 Å². The van der Waals surface area contributed by atoms with Gasteiger partial charge in [-0.25, -0.2) is 4.68 Å². The fourth-order valence-electron chi connectivity index (χ4n) is 1.76. The third-order valence-corrected chi connectivity index (χ3v) is 3.73. The van der Waals surface area contributed by atoms with Crippen LogP contribution in [0.3, 0.4) is 0 Å². The van der Waals surface area contributed by atoms with E-state index >= 15 is 0 Å². The van der Waals surface area contributed by atoms with Crippen LogP contribution in [0.5, 0.6) is 5.75 Å². The molecule has 0 unspecified atom stereocenters. The fraction of sp³-hybridized carbons (Fsp3) is 0.0769. The summed E-state index contributed by atoms with van der Waals surface area (Å²) in [5.74, 6) is 0.746. The number of hydrogen-bond acceptors (Lipinski definition) is 4. The van der Waals surface area contributed by atoms with Gasteiger partial charge in [-0.2, -0.15) is 5.10 Å². The average Bonchev–Trinajstić information content (AvgIpc) is 2.91. The quantitative estimate of drug-likeness (QED) is 0.709. The first kappa shape index (κ1) is 11.0. The summed E-state index contributed by atoms with van der Waals surface area (Å²) in [6, 6.07) is 8.89. The second-order valence-electron chi connectivity index (χ2n) is 3.76. The molecule has 0 radical (unpaired) electrons. The zero-order valence-electron chi connectivity index (χ0n) is 9.66. The Morgan fingerprint density at radius 2 is 2.22 bits per heavy atom. The summed E-state index contributed by atoms with van der Waals surface area (Å²) < 4.78 is 7.76. The van der Waals surface area contributed by atoms with E-state index in [0.29, 0.717) is 5.39 Å². The van der Waals surface area contributed by atoms with Crippen molar-refractivity contribution >= 4 is 21.4 Å². The number of rotatable bonds is 2. The van der Waals surface area contributed by atoms with Crippen molar-refractivity contribution in [2.45, 2.75) is 0 Å². The molecule has 0 saturated heterocycles. The summed E-state index contributed by atoms with van der Waals surface area (Å²) in [4.78, 5) is 12.0. The molecule has 4 nitrogen and oxygen atoms in total. The number of aromatic nitrogens is 2. The molecule has 3 rings (SSSR count). The van der Waals surface area contributed by atoms with Crippen LogP contribution in [0.1, 0.15) is 0 Å². The van der Waals surface area contributed by atoms with E-state index in [-0.39, 0.29) is 5.43 Å². The lowest BCUT2D eigenvalue weighted by atomic mass is 10.2. The van der Waals surface area contributed by atoms with E-state index in [2.05, 4.69) is 5.10 Å². The molecule has 0 aliphatic heterocycles. The standard InChI is InChI=1S/C13H10N2O2S/c1-17-9-3-4-10-11(16)8-13(18-12(10)7-9)15-6-2-5-14-15/h2-8H,1H3. The summed E-state index contributed by atoms with van der Waals surface area (Å²) in [7, 11) is 1.61. The summed E-state index contributed by atoms with van der Waals surface area (Å²) in [6.45, 7) is 0. The Kier molecular flexibility index (Phi) is 2.60. The Hall–Kier alpha value is -2.14. The predicted octanol–water partition coefficient (Wildman–Crippen LogP) is 2.46. The Morgan fingerprint density at radius 1 is 1.33 bits per heavy atom. The van der Waals surface area contributed by atoms with Gasteiger partial charge in [0, 0.05) is 28.5 Å². The van der Waals surface area contributed by atoms with Gasteiger partial charge in [0.1, 0.15) is 10.8 Å². The molecular weight excluding hydrogens is 248 g/mol.